The van der Waals surface area contributed by atoms with Crippen LogP contribution >= 0.6 is 0 Å². The molecule has 2 aromatic heterocycles. The first-order valence-electron chi connectivity index (χ1n) is 10.6. The third kappa shape index (κ3) is 3.64. The summed E-state index contributed by atoms with van der Waals surface area (Å²) in [7, 11) is 0. The number of esters is 1. The minimum atomic E-state index is -1.65. The molecule has 0 radical (unpaired) electrons. The molecule has 3 aromatic rings. The number of nitrogens with zero attached hydrogens (tertiary/aromatic N) is 3. The van der Waals surface area contributed by atoms with E-state index in [2.05, 4.69) is 20.3 Å². The number of benzene rings is 1. The molecule has 0 saturated heterocycles. The quantitative estimate of drug-likeness (QED) is 0.591. The number of ether oxygens (including phenoxy) is 1. The van der Waals surface area contributed by atoms with E-state index >= 15 is 0 Å². The number of hydrogen-bond donors (Lipinski definition) is 2. The van der Waals surface area contributed by atoms with Gasteiger partial charge >= 0.3 is 5.97 Å². The van der Waals surface area contributed by atoms with Crippen LogP contribution in [0.3, 0.4) is 0 Å². The molecule has 0 atom stereocenters. The van der Waals surface area contributed by atoms with Crippen molar-refractivity contribution in [2.24, 2.45) is 0 Å². The van der Waals surface area contributed by atoms with Crippen LogP contribution in [0.15, 0.2) is 49.1 Å². The van der Waals surface area contributed by atoms with Crippen LogP contribution in [0.4, 0.5) is 10.3 Å². The Hall–Kier alpha value is -3.72. The monoisotopic (exact) mass is 448 g/mol. The van der Waals surface area contributed by atoms with E-state index in [-0.39, 0.29) is 18.8 Å². The number of pyridine rings is 1. The SMILES string of the molecule is Cc1ccc(F)c(-c2cnc(NC(=O)C3(O)CCC4(CC3)OC(=O)c3cnccc34)nc2)c1. The number of aryl methyl sites for hydroxylation is 1. The second-order valence-corrected chi connectivity index (χ2v) is 8.57. The first-order valence-corrected chi connectivity index (χ1v) is 10.6. The van der Waals surface area contributed by atoms with Crippen molar-refractivity contribution >= 4 is 17.8 Å². The number of anilines is 1. The van der Waals surface area contributed by atoms with Gasteiger partial charge in [0.25, 0.3) is 5.91 Å². The van der Waals surface area contributed by atoms with Gasteiger partial charge in [-0.3, -0.25) is 15.1 Å². The number of fused-ring (bicyclic) bond motifs is 2. The molecular weight excluding hydrogens is 427 g/mol. The van der Waals surface area contributed by atoms with Crippen molar-refractivity contribution in [2.45, 2.75) is 43.8 Å². The summed E-state index contributed by atoms with van der Waals surface area (Å²) in [6, 6.07) is 6.49. The lowest BCUT2D eigenvalue weighted by atomic mass is 9.72. The average Bonchev–Trinajstić information content (AvgIpc) is 3.10. The highest BCUT2D eigenvalue weighted by Crippen LogP contribution is 2.49. The molecule has 9 heteroatoms. The summed E-state index contributed by atoms with van der Waals surface area (Å²) in [5.74, 6) is -1.46. The van der Waals surface area contributed by atoms with Crippen LogP contribution in [-0.2, 0) is 15.1 Å². The summed E-state index contributed by atoms with van der Waals surface area (Å²) < 4.78 is 19.8. The van der Waals surface area contributed by atoms with Crippen molar-refractivity contribution in [1.82, 2.24) is 15.0 Å². The van der Waals surface area contributed by atoms with E-state index in [9.17, 15) is 19.1 Å². The van der Waals surface area contributed by atoms with Crippen LogP contribution in [0.1, 0.15) is 47.2 Å². The predicted molar refractivity (Wildman–Crippen MR) is 116 cm³/mol. The molecular formula is C24H21FN4O4. The maximum absolute atomic E-state index is 14.1. The predicted octanol–water partition coefficient (Wildman–Crippen LogP) is 3.30. The fourth-order valence-electron chi connectivity index (χ4n) is 4.52. The van der Waals surface area contributed by atoms with Gasteiger partial charge < -0.3 is 9.84 Å². The van der Waals surface area contributed by atoms with E-state index < -0.39 is 28.9 Å². The van der Waals surface area contributed by atoms with Crippen LogP contribution in [0.2, 0.25) is 0 Å². The van der Waals surface area contributed by atoms with E-state index in [1.54, 1.807) is 24.4 Å². The number of halogens is 1. The number of aliphatic hydroxyl groups is 1. The fraction of sp³-hybridized carbons (Fsp3) is 0.292. The Bertz CT molecular complexity index is 1250. The highest BCUT2D eigenvalue weighted by atomic mass is 19.1. The largest absolute Gasteiger partial charge is 0.450 e. The molecule has 1 saturated carbocycles. The second kappa shape index (κ2) is 7.70. The molecule has 1 fully saturated rings. The van der Waals surface area contributed by atoms with Crippen molar-refractivity contribution in [1.29, 1.82) is 0 Å². The van der Waals surface area contributed by atoms with Gasteiger partial charge in [-0.05, 0) is 50.8 Å². The summed E-state index contributed by atoms with van der Waals surface area (Å²) in [5, 5.41) is 13.5. The van der Waals surface area contributed by atoms with Gasteiger partial charge in [-0.15, -0.1) is 0 Å². The molecule has 168 valence electrons. The number of amides is 1. The van der Waals surface area contributed by atoms with E-state index in [0.29, 0.717) is 29.5 Å². The minimum absolute atomic E-state index is 0.00855. The van der Waals surface area contributed by atoms with Gasteiger partial charge in [-0.25, -0.2) is 19.2 Å². The smallest absolute Gasteiger partial charge is 0.341 e. The van der Waals surface area contributed by atoms with E-state index in [1.165, 1.54) is 24.7 Å². The van der Waals surface area contributed by atoms with Crippen LogP contribution in [0, 0.1) is 12.7 Å². The summed E-state index contributed by atoms with van der Waals surface area (Å²) in [6.07, 6.45) is 6.70. The molecule has 5 rings (SSSR count). The molecule has 1 spiro atoms. The lowest BCUT2D eigenvalue weighted by molar-refractivity contribution is -0.144. The summed E-state index contributed by atoms with van der Waals surface area (Å²) >= 11 is 0. The molecule has 8 nitrogen and oxygen atoms in total. The maximum Gasteiger partial charge on any atom is 0.341 e. The lowest BCUT2D eigenvalue weighted by Gasteiger charge is -2.40. The highest BCUT2D eigenvalue weighted by Gasteiger charge is 2.53. The van der Waals surface area contributed by atoms with E-state index in [1.807, 2.05) is 6.92 Å². The van der Waals surface area contributed by atoms with E-state index in [4.69, 9.17) is 4.74 Å². The Kier molecular flexibility index (Phi) is 4.93. The fourth-order valence-corrected chi connectivity index (χ4v) is 4.52. The molecule has 1 aromatic carbocycles. The Morgan fingerprint density at radius 1 is 1.09 bits per heavy atom. The molecule has 1 aliphatic heterocycles. The van der Waals surface area contributed by atoms with Crippen LogP contribution in [0.5, 0.6) is 0 Å². The Labute approximate surface area is 188 Å². The topological polar surface area (TPSA) is 114 Å². The van der Waals surface area contributed by atoms with E-state index in [0.717, 1.165) is 11.1 Å². The van der Waals surface area contributed by atoms with Crippen LogP contribution in [0.25, 0.3) is 11.1 Å². The molecule has 33 heavy (non-hydrogen) atoms. The zero-order valence-electron chi connectivity index (χ0n) is 17.8. The van der Waals surface area contributed by atoms with Crippen LogP contribution in [-0.4, -0.2) is 37.5 Å². The summed E-state index contributed by atoms with van der Waals surface area (Å²) in [5.41, 5.74) is 0.399. The average molecular weight is 448 g/mol. The minimum Gasteiger partial charge on any atom is -0.450 e. The highest BCUT2D eigenvalue weighted by molar-refractivity contribution is 5.96. The lowest BCUT2D eigenvalue weighted by Crippen LogP contribution is -2.49. The van der Waals surface area contributed by atoms with Crippen molar-refractivity contribution in [3.63, 3.8) is 0 Å². The number of carbonyl (C=O) groups excluding carboxylic acids is 2. The zero-order chi connectivity index (χ0) is 23.2. The van der Waals surface area contributed by atoms with Gasteiger partial charge in [0.2, 0.25) is 5.95 Å². The van der Waals surface area contributed by atoms with Gasteiger partial charge in [0.1, 0.15) is 17.0 Å². The number of nitrogens with one attached hydrogen (secondary N) is 1. The van der Waals surface area contributed by atoms with Crippen molar-refractivity contribution in [3.8, 4) is 11.1 Å². The first-order chi connectivity index (χ1) is 15.8. The van der Waals surface area contributed by atoms with Gasteiger partial charge in [-0.2, -0.15) is 0 Å². The standard InChI is InChI=1S/C24H21FN4O4/c1-14-2-3-19(25)16(10-14)15-11-27-22(28-12-15)29-21(31)23(32)5-7-24(8-6-23)18-4-9-26-13-17(18)20(30)33-24/h2-4,9-13,32H,5-8H2,1H3,(H,27,28,29,31). The molecule has 1 amide bonds. The normalized spacial score (nSPS) is 23.8. The number of hydrogen-bond acceptors (Lipinski definition) is 7. The van der Waals surface area contributed by atoms with Gasteiger partial charge in [0.05, 0.1) is 5.56 Å². The van der Waals surface area contributed by atoms with Crippen LogP contribution < -0.4 is 5.32 Å². The third-order valence-corrected chi connectivity index (χ3v) is 6.44. The van der Waals surface area contributed by atoms with Gasteiger partial charge in [0.15, 0.2) is 0 Å². The van der Waals surface area contributed by atoms with Crippen molar-refractivity contribution in [3.05, 3.63) is 71.6 Å². The Morgan fingerprint density at radius 2 is 1.82 bits per heavy atom. The Morgan fingerprint density at radius 3 is 2.55 bits per heavy atom. The molecule has 2 aliphatic rings. The number of carbonyl (C=O) groups is 2. The summed E-state index contributed by atoms with van der Waals surface area (Å²) in [4.78, 5) is 37.2. The molecule has 3 heterocycles. The number of aromatic nitrogens is 3. The maximum atomic E-state index is 14.1. The van der Waals surface area contributed by atoms with Crippen molar-refractivity contribution < 1.29 is 23.8 Å². The number of rotatable bonds is 3. The molecule has 0 unspecified atom stereocenters. The molecule has 2 N–H and O–H groups in total. The Balaban J connectivity index is 1.28. The third-order valence-electron chi connectivity index (χ3n) is 6.44. The zero-order valence-corrected chi connectivity index (χ0v) is 17.8. The molecule has 1 aliphatic carbocycles. The molecule has 0 bridgehead atoms. The van der Waals surface area contributed by atoms with Crippen molar-refractivity contribution in [2.75, 3.05) is 5.32 Å². The second-order valence-electron chi connectivity index (χ2n) is 8.57. The summed E-state index contributed by atoms with van der Waals surface area (Å²) in [6.45, 7) is 1.86. The van der Waals surface area contributed by atoms with Gasteiger partial charge in [-0.1, -0.05) is 11.6 Å². The first kappa shape index (κ1) is 21.1. The van der Waals surface area contributed by atoms with Gasteiger partial charge in [0, 0.05) is 41.5 Å².